The van der Waals surface area contributed by atoms with Crippen molar-refractivity contribution in [1.29, 1.82) is 0 Å². The van der Waals surface area contributed by atoms with Gasteiger partial charge >= 0.3 is 0 Å². The molecule has 2 N–H and O–H groups in total. The van der Waals surface area contributed by atoms with E-state index in [1.54, 1.807) is 36.4 Å². The highest BCUT2D eigenvalue weighted by Gasteiger charge is 2.04. The molecule has 138 valence electrons. The van der Waals surface area contributed by atoms with Crippen LogP contribution in [-0.2, 0) is 11.2 Å². The first kappa shape index (κ1) is 19.6. The van der Waals surface area contributed by atoms with Crippen LogP contribution >= 0.6 is 0 Å². The van der Waals surface area contributed by atoms with Gasteiger partial charge in [0.15, 0.2) is 0 Å². The first-order chi connectivity index (χ1) is 13.1. The molecule has 0 saturated heterocycles. The van der Waals surface area contributed by atoms with Gasteiger partial charge in [0.2, 0.25) is 5.91 Å². The molecule has 0 radical (unpaired) electrons. The van der Waals surface area contributed by atoms with E-state index in [4.69, 9.17) is 16.0 Å². The molecule has 0 saturated carbocycles. The molecular weight excluding hydrogens is 348 g/mol. The van der Waals surface area contributed by atoms with E-state index in [9.17, 15) is 9.59 Å². The van der Waals surface area contributed by atoms with Crippen LogP contribution in [0.1, 0.15) is 22.3 Å². The maximum absolute atomic E-state index is 11.9. The van der Waals surface area contributed by atoms with Gasteiger partial charge in [-0.3, -0.25) is 9.59 Å². The zero-order chi connectivity index (χ0) is 19.5. The molecule has 0 heterocycles. The van der Waals surface area contributed by atoms with Gasteiger partial charge in [0.1, 0.15) is 5.75 Å². The Kier molecular flexibility index (Phi) is 7.50. The minimum Gasteiger partial charge on any atom is -0.494 e. The number of azide groups is 1. The third kappa shape index (κ3) is 6.97. The van der Waals surface area contributed by atoms with E-state index in [0.29, 0.717) is 36.6 Å². The molecular formula is C18H18N6O3. The molecule has 0 aromatic heterocycles. The van der Waals surface area contributed by atoms with E-state index < -0.39 is 11.8 Å². The highest BCUT2D eigenvalue weighted by molar-refractivity contribution is 5.93. The molecule has 27 heavy (non-hydrogen) atoms. The van der Waals surface area contributed by atoms with E-state index in [2.05, 4.69) is 20.3 Å². The number of nitrogens with two attached hydrogens (primary N) is 1. The topological polar surface area (TPSA) is 143 Å². The standard InChI is InChI=1S/C18H18N6O3/c19-18(26)14-4-6-15(7-5-14)22-23-17(25)12-13-2-8-16(9-3-13)27-11-1-10-21-24-20/h2-9H,1,10-12H2,(H2,19,26). The van der Waals surface area contributed by atoms with Gasteiger partial charge in [-0.2, -0.15) is 0 Å². The van der Waals surface area contributed by atoms with Crippen LogP contribution in [0, 0.1) is 0 Å². The molecule has 2 aromatic carbocycles. The third-order valence-electron chi connectivity index (χ3n) is 3.44. The predicted octanol–water partition coefficient (Wildman–Crippen LogP) is 3.72. The zero-order valence-corrected chi connectivity index (χ0v) is 14.5. The van der Waals surface area contributed by atoms with Crippen LogP contribution in [0.4, 0.5) is 5.69 Å². The molecule has 0 spiro atoms. The van der Waals surface area contributed by atoms with Crippen LogP contribution in [0.25, 0.3) is 10.4 Å². The second-order valence-corrected chi connectivity index (χ2v) is 5.48. The Bertz CT molecular complexity index is 856. The average Bonchev–Trinajstić information content (AvgIpc) is 2.68. The van der Waals surface area contributed by atoms with Crippen molar-refractivity contribution in [1.82, 2.24) is 0 Å². The Morgan fingerprint density at radius 1 is 1.07 bits per heavy atom. The van der Waals surface area contributed by atoms with Crippen LogP contribution in [0.5, 0.6) is 5.75 Å². The number of hydrogen-bond donors (Lipinski definition) is 1. The van der Waals surface area contributed by atoms with Crippen LogP contribution in [0.3, 0.4) is 0 Å². The van der Waals surface area contributed by atoms with Crippen LogP contribution in [0.15, 0.2) is 63.9 Å². The average molecular weight is 366 g/mol. The molecule has 0 fully saturated rings. The van der Waals surface area contributed by atoms with Gasteiger partial charge in [0.05, 0.1) is 18.7 Å². The van der Waals surface area contributed by atoms with Gasteiger partial charge in [-0.05, 0) is 53.9 Å². The highest BCUT2D eigenvalue weighted by atomic mass is 16.5. The molecule has 0 aliphatic heterocycles. The largest absolute Gasteiger partial charge is 0.494 e. The molecule has 9 nitrogen and oxygen atoms in total. The lowest BCUT2D eigenvalue weighted by Gasteiger charge is -2.05. The van der Waals surface area contributed by atoms with Crippen molar-refractivity contribution < 1.29 is 14.3 Å². The second-order valence-electron chi connectivity index (χ2n) is 5.48. The highest BCUT2D eigenvalue weighted by Crippen LogP contribution is 2.15. The monoisotopic (exact) mass is 366 g/mol. The number of rotatable bonds is 9. The molecule has 0 bridgehead atoms. The fraction of sp³-hybridized carbons (Fsp3) is 0.222. The van der Waals surface area contributed by atoms with E-state index >= 15 is 0 Å². The molecule has 2 amide bonds. The summed E-state index contributed by atoms with van der Waals surface area (Å²) < 4.78 is 5.50. The molecule has 2 rings (SSSR count). The van der Waals surface area contributed by atoms with Crippen molar-refractivity contribution >= 4 is 17.5 Å². The molecule has 0 unspecified atom stereocenters. The number of carbonyl (C=O) groups excluding carboxylic acids is 2. The van der Waals surface area contributed by atoms with Crippen molar-refractivity contribution in [2.24, 2.45) is 21.1 Å². The van der Waals surface area contributed by atoms with Gasteiger partial charge in [0.25, 0.3) is 5.91 Å². The summed E-state index contributed by atoms with van der Waals surface area (Å²) in [5, 5.41) is 10.9. The Morgan fingerprint density at radius 2 is 1.78 bits per heavy atom. The Labute approximate surface area is 155 Å². The first-order valence-electron chi connectivity index (χ1n) is 8.15. The van der Waals surface area contributed by atoms with Gasteiger partial charge in [-0.1, -0.05) is 17.2 Å². The number of benzene rings is 2. The van der Waals surface area contributed by atoms with E-state index in [0.717, 1.165) is 5.56 Å². The van der Waals surface area contributed by atoms with Gasteiger partial charge in [0, 0.05) is 17.0 Å². The van der Waals surface area contributed by atoms with Crippen molar-refractivity contribution in [3.63, 3.8) is 0 Å². The first-order valence-corrected chi connectivity index (χ1v) is 8.15. The number of carbonyl (C=O) groups is 2. The zero-order valence-electron chi connectivity index (χ0n) is 14.5. The maximum atomic E-state index is 11.9. The van der Waals surface area contributed by atoms with Gasteiger partial charge in [-0.15, -0.1) is 10.2 Å². The summed E-state index contributed by atoms with van der Waals surface area (Å²) in [5.74, 6) is -0.252. The summed E-state index contributed by atoms with van der Waals surface area (Å²) in [7, 11) is 0. The number of amides is 2. The number of azo groups is 1. The summed E-state index contributed by atoms with van der Waals surface area (Å²) in [6.07, 6.45) is 0.741. The van der Waals surface area contributed by atoms with Gasteiger partial charge in [-0.25, -0.2) is 0 Å². The Morgan fingerprint density at radius 3 is 2.41 bits per heavy atom. The Balaban J connectivity index is 1.82. The summed E-state index contributed by atoms with van der Waals surface area (Å²) in [4.78, 5) is 25.6. The molecule has 0 aliphatic rings. The number of primary amides is 1. The minimum atomic E-state index is -0.530. The predicted molar refractivity (Wildman–Crippen MR) is 98.8 cm³/mol. The molecule has 9 heteroatoms. The van der Waals surface area contributed by atoms with Crippen molar-refractivity contribution in [2.75, 3.05) is 13.2 Å². The van der Waals surface area contributed by atoms with E-state index in [1.807, 2.05) is 0 Å². The van der Waals surface area contributed by atoms with Crippen molar-refractivity contribution in [2.45, 2.75) is 12.8 Å². The van der Waals surface area contributed by atoms with Crippen LogP contribution in [-0.4, -0.2) is 25.0 Å². The van der Waals surface area contributed by atoms with Crippen molar-refractivity contribution in [3.05, 3.63) is 70.1 Å². The molecule has 0 aliphatic carbocycles. The summed E-state index contributed by atoms with van der Waals surface area (Å²) in [6.45, 7) is 0.833. The van der Waals surface area contributed by atoms with E-state index in [-0.39, 0.29) is 6.42 Å². The fourth-order valence-electron chi connectivity index (χ4n) is 2.09. The number of ether oxygens (including phenoxy) is 1. The Hall–Kier alpha value is -3.71. The van der Waals surface area contributed by atoms with E-state index in [1.165, 1.54) is 12.1 Å². The molecule has 2 aromatic rings. The van der Waals surface area contributed by atoms with Gasteiger partial charge < -0.3 is 10.5 Å². The van der Waals surface area contributed by atoms with Crippen LogP contribution in [0.2, 0.25) is 0 Å². The minimum absolute atomic E-state index is 0.111. The SMILES string of the molecule is [N-]=[N+]=NCCCOc1ccc(CC(=O)N=Nc2ccc(C(N)=O)cc2)cc1. The van der Waals surface area contributed by atoms with Crippen molar-refractivity contribution in [3.8, 4) is 5.75 Å². The quantitative estimate of drug-likeness (QED) is 0.312. The lowest BCUT2D eigenvalue weighted by atomic mass is 10.1. The summed E-state index contributed by atoms with van der Waals surface area (Å²) in [5.41, 5.74) is 14.9. The summed E-state index contributed by atoms with van der Waals surface area (Å²) in [6, 6.07) is 13.2. The molecule has 0 atom stereocenters. The smallest absolute Gasteiger partial charge is 0.269 e. The second kappa shape index (κ2) is 10.3. The summed E-state index contributed by atoms with van der Waals surface area (Å²) >= 11 is 0. The third-order valence-corrected chi connectivity index (χ3v) is 3.44. The number of hydrogen-bond acceptors (Lipinski definition) is 5. The van der Waals surface area contributed by atoms with Crippen LogP contribution < -0.4 is 10.5 Å². The lowest BCUT2D eigenvalue weighted by molar-refractivity contribution is -0.117. The lowest BCUT2D eigenvalue weighted by Crippen LogP contribution is -2.10. The maximum Gasteiger partial charge on any atom is 0.269 e. The normalized spacial score (nSPS) is 10.4. The number of nitrogens with zero attached hydrogens (tertiary/aromatic N) is 5. The fourth-order valence-corrected chi connectivity index (χ4v) is 2.09.